The van der Waals surface area contributed by atoms with Crippen LogP contribution in [0.4, 0.5) is 0 Å². The van der Waals surface area contributed by atoms with E-state index in [2.05, 4.69) is 25.1 Å². The molecule has 1 aromatic rings. The van der Waals surface area contributed by atoms with E-state index in [1.54, 1.807) is 0 Å². The standard InChI is InChI=1S/C14H21NO2/c1-11-2-3-14(13(8-11)4-6-15)17-10-12-5-7-16-9-12/h2-3,8,12H,4-7,9-10,15H2,1H3. The monoisotopic (exact) mass is 235 g/mol. The summed E-state index contributed by atoms with van der Waals surface area (Å²) < 4.78 is 11.2. The predicted octanol–water partition coefficient (Wildman–Crippen LogP) is 1.91. The number of benzene rings is 1. The third-order valence-corrected chi connectivity index (χ3v) is 3.13. The molecular weight excluding hydrogens is 214 g/mol. The fraction of sp³-hybridized carbons (Fsp3) is 0.571. The maximum atomic E-state index is 5.89. The highest BCUT2D eigenvalue weighted by Gasteiger charge is 2.16. The van der Waals surface area contributed by atoms with Crippen LogP contribution in [0.1, 0.15) is 17.5 Å². The van der Waals surface area contributed by atoms with Crippen molar-refractivity contribution in [2.24, 2.45) is 11.7 Å². The van der Waals surface area contributed by atoms with Crippen molar-refractivity contribution in [1.29, 1.82) is 0 Å². The van der Waals surface area contributed by atoms with Crippen molar-refractivity contribution in [2.45, 2.75) is 19.8 Å². The average molecular weight is 235 g/mol. The van der Waals surface area contributed by atoms with Gasteiger partial charge >= 0.3 is 0 Å². The van der Waals surface area contributed by atoms with Crippen molar-refractivity contribution in [3.8, 4) is 5.75 Å². The molecule has 1 heterocycles. The van der Waals surface area contributed by atoms with Gasteiger partial charge in [-0.05, 0) is 37.9 Å². The van der Waals surface area contributed by atoms with Crippen molar-refractivity contribution >= 4 is 0 Å². The minimum atomic E-state index is 0.544. The van der Waals surface area contributed by atoms with Crippen molar-refractivity contribution in [2.75, 3.05) is 26.4 Å². The number of ether oxygens (including phenoxy) is 2. The summed E-state index contributed by atoms with van der Waals surface area (Å²) >= 11 is 0. The molecule has 0 radical (unpaired) electrons. The highest BCUT2D eigenvalue weighted by Crippen LogP contribution is 2.22. The molecule has 94 valence electrons. The molecule has 1 atom stereocenters. The second kappa shape index (κ2) is 6.03. The maximum Gasteiger partial charge on any atom is 0.122 e. The summed E-state index contributed by atoms with van der Waals surface area (Å²) in [6.07, 6.45) is 1.98. The van der Waals surface area contributed by atoms with Gasteiger partial charge in [-0.2, -0.15) is 0 Å². The number of hydrogen-bond acceptors (Lipinski definition) is 3. The van der Waals surface area contributed by atoms with Crippen LogP contribution in [0.5, 0.6) is 5.75 Å². The van der Waals surface area contributed by atoms with E-state index >= 15 is 0 Å². The molecule has 3 heteroatoms. The van der Waals surface area contributed by atoms with Crippen LogP contribution in [0, 0.1) is 12.8 Å². The summed E-state index contributed by atoms with van der Waals surface area (Å²) in [5, 5.41) is 0. The lowest BCUT2D eigenvalue weighted by atomic mass is 10.1. The maximum absolute atomic E-state index is 5.89. The second-order valence-electron chi connectivity index (χ2n) is 4.69. The molecule has 1 aliphatic rings. The van der Waals surface area contributed by atoms with Crippen LogP contribution in [-0.4, -0.2) is 26.4 Å². The molecule has 2 N–H and O–H groups in total. The molecule has 0 amide bonds. The van der Waals surface area contributed by atoms with Crippen molar-refractivity contribution in [3.63, 3.8) is 0 Å². The quantitative estimate of drug-likeness (QED) is 0.848. The molecule has 1 aliphatic heterocycles. The van der Waals surface area contributed by atoms with Crippen molar-refractivity contribution < 1.29 is 9.47 Å². The summed E-state index contributed by atoms with van der Waals surface area (Å²) in [4.78, 5) is 0. The fourth-order valence-electron chi connectivity index (χ4n) is 2.12. The lowest BCUT2D eigenvalue weighted by Crippen LogP contribution is -2.13. The first-order valence-electron chi connectivity index (χ1n) is 6.29. The fourth-order valence-corrected chi connectivity index (χ4v) is 2.12. The lowest BCUT2D eigenvalue weighted by molar-refractivity contribution is 0.166. The molecular formula is C14H21NO2. The molecule has 17 heavy (non-hydrogen) atoms. The molecule has 0 saturated carbocycles. The molecule has 1 aromatic carbocycles. The molecule has 3 nitrogen and oxygen atoms in total. The molecule has 2 rings (SSSR count). The first kappa shape index (κ1) is 12.4. The van der Waals surface area contributed by atoms with Gasteiger partial charge in [0.15, 0.2) is 0 Å². The van der Waals surface area contributed by atoms with E-state index in [0.29, 0.717) is 12.5 Å². The van der Waals surface area contributed by atoms with Crippen LogP contribution in [0.2, 0.25) is 0 Å². The van der Waals surface area contributed by atoms with Gasteiger partial charge < -0.3 is 15.2 Å². The van der Waals surface area contributed by atoms with Gasteiger partial charge in [-0.25, -0.2) is 0 Å². The van der Waals surface area contributed by atoms with E-state index in [1.165, 1.54) is 11.1 Å². The summed E-state index contributed by atoms with van der Waals surface area (Å²) in [5.41, 5.74) is 8.09. The van der Waals surface area contributed by atoms with Crippen LogP contribution in [0.25, 0.3) is 0 Å². The Kier molecular flexibility index (Phi) is 4.40. The highest BCUT2D eigenvalue weighted by atomic mass is 16.5. The minimum absolute atomic E-state index is 0.544. The van der Waals surface area contributed by atoms with Gasteiger partial charge in [0.1, 0.15) is 5.75 Å². The molecule has 1 fully saturated rings. The van der Waals surface area contributed by atoms with Gasteiger partial charge in [-0.3, -0.25) is 0 Å². The normalized spacial score (nSPS) is 19.5. The summed E-state index contributed by atoms with van der Waals surface area (Å²) in [5.74, 6) is 1.52. The smallest absolute Gasteiger partial charge is 0.122 e. The van der Waals surface area contributed by atoms with Crippen LogP contribution in [-0.2, 0) is 11.2 Å². The minimum Gasteiger partial charge on any atom is -0.493 e. The Hall–Kier alpha value is -1.06. The Balaban J connectivity index is 1.98. The van der Waals surface area contributed by atoms with Gasteiger partial charge in [-0.1, -0.05) is 17.7 Å². The third kappa shape index (κ3) is 3.45. The van der Waals surface area contributed by atoms with Crippen LogP contribution < -0.4 is 10.5 Å². The first-order valence-corrected chi connectivity index (χ1v) is 6.29. The largest absolute Gasteiger partial charge is 0.493 e. The third-order valence-electron chi connectivity index (χ3n) is 3.13. The number of aryl methyl sites for hydroxylation is 1. The van der Waals surface area contributed by atoms with Gasteiger partial charge in [0.05, 0.1) is 13.2 Å². The van der Waals surface area contributed by atoms with Gasteiger partial charge in [0.25, 0.3) is 0 Å². The molecule has 0 aromatic heterocycles. The molecule has 0 bridgehead atoms. The zero-order valence-corrected chi connectivity index (χ0v) is 10.4. The van der Waals surface area contributed by atoms with Gasteiger partial charge in [0.2, 0.25) is 0 Å². The molecule has 1 unspecified atom stereocenters. The topological polar surface area (TPSA) is 44.5 Å². The number of rotatable bonds is 5. The van der Waals surface area contributed by atoms with E-state index < -0.39 is 0 Å². The van der Waals surface area contributed by atoms with E-state index in [0.717, 1.165) is 38.4 Å². The van der Waals surface area contributed by atoms with E-state index in [1.807, 2.05) is 0 Å². The Morgan fingerprint density at radius 2 is 2.35 bits per heavy atom. The van der Waals surface area contributed by atoms with Crippen LogP contribution in [0.15, 0.2) is 18.2 Å². The summed E-state index contributed by atoms with van der Waals surface area (Å²) in [6.45, 7) is 5.21. The molecule has 1 saturated heterocycles. The van der Waals surface area contributed by atoms with Crippen molar-refractivity contribution in [3.05, 3.63) is 29.3 Å². The van der Waals surface area contributed by atoms with Crippen LogP contribution >= 0.6 is 0 Å². The zero-order valence-electron chi connectivity index (χ0n) is 10.4. The number of nitrogens with two attached hydrogens (primary N) is 1. The average Bonchev–Trinajstić information content (AvgIpc) is 2.81. The lowest BCUT2D eigenvalue weighted by Gasteiger charge is -2.14. The second-order valence-corrected chi connectivity index (χ2v) is 4.69. The van der Waals surface area contributed by atoms with Gasteiger partial charge in [-0.15, -0.1) is 0 Å². The molecule has 0 spiro atoms. The Labute approximate surface area is 103 Å². The molecule has 0 aliphatic carbocycles. The summed E-state index contributed by atoms with van der Waals surface area (Å²) in [6, 6.07) is 6.30. The summed E-state index contributed by atoms with van der Waals surface area (Å²) in [7, 11) is 0. The predicted molar refractivity (Wildman–Crippen MR) is 68.4 cm³/mol. The Bertz CT molecular complexity index is 359. The SMILES string of the molecule is Cc1ccc(OCC2CCOC2)c(CCN)c1. The Morgan fingerprint density at radius 3 is 3.06 bits per heavy atom. The van der Waals surface area contributed by atoms with Gasteiger partial charge in [0, 0.05) is 12.5 Å². The van der Waals surface area contributed by atoms with E-state index in [-0.39, 0.29) is 0 Å². The van der Waals surface area contributed by atoms with E-state index in [4.69, 9.17) is 15.2 Å². The Morgan fingerprint density at radius 1 is 1.47 bits per heavy atom. The first-order chi connectivity index (χ1) is 8.29. The highest BCUT2D eigenvalue weighted by molar-refractivity contribution is 5.37. The van der Waals surface area contributed by atoms with E-state index in [9.17, 15) is 0 Å². The zero-order chi connectivity index (χ0) is 12.1. The van der Waals surface area contributed by atoms with Crippen molar-refractivity contribution in [1.82, 2.24) is 0 Å². The van der Waals surface area contributed by atoms with Crippen LogP contribution in [0.3, 0.4) is 0 Å². The number of hydrogen-bond donors (Lipinski definition) is 1.